The van der Waals surface area contributed by atoms with Crippen LogP contribution in [0.4, 0.5) is 0 Å². The number of para-hydroxylation sites is 1. The topological polar surface area (TPSA) is 4.93 Å². The van der Waals surface area contributed by atoms with Gasteiger partial charge in [0.15, 0.2) is 0 Å². The Morgan fingerprint density at radius 2 is 0.804 bits per heavy atom. The molecule has 0 radical (unpaired) electrons. The molecular formula is C50H29N. The Kier molecular flexibility index (Phi) is 5.29. The van der Waals surface area contributed by atoms with E-state index in [4.69, 9.17) is 0 Å². The monoisotopic (exact) mass is 643 g/mol. The molecule has 0 fully saturated rings. The molecule has 234 valence electrons. The van der Waals surface area contributed by atoms with Crippen molar-refractivity contribution in [1.82, 2.24) is 4.57 Å². The van der Waals surface area contributed by atoms with Crippen LogP contribution in [0.15, 0.2) is 176 Å². The van der Waals surface area contributed by atoms with Crippen LogP contribution >= 0.6 is 0 Å². The van der Waals surface area contributed by atoms with Gasteiger partial charge in [-0.3, -0.25) is 0 Å². The van der Waals surface area contributed by atoms with Gasteiger partial charge in [0, 0.05) is 27.2 Å². The zero-order valence-corrected chi connectivity index (χ0v) is 27.7. The molecule has 0 saturated heterocycles. The number of hydrogen-bond acceptors (Lipinski definition) is 0. The van der Waals surface area contributed by atoms with Crippen LogP contribution in [0.25, 0.3) is 115 Å². The molecule has 1 aliphatic carbocycles. The summed E-state index contributed by atoms with van der Waals surface area (Å²) in [6, 6.07) is 65.4. The van der Waals surface area contributed by atoms with Crippen molar-refractivity contribution < 1.29 is 0 Å². The first kappa shape index (κ1) is 27.2. The summed E-state index contributed by atoms with van der Waals surface area (Å²) in [6.45, 7) is 0. The van der Waals surface area contributed by atoms with Crippen molar-refractivity contribution in [3.8, 4) is 39.1 Å². The Morgan fingerprint density at radius 3 is 1.53 bits per heavy atom. The van der Waals surface area contributed by atoms with Gasteiger partial charge in [0.2, 0.25) is 0 Å². The van der Waals surface area contributed by atoms with Gasteiger partial charge < -0.3 is 4.57 Å². The first-order valence-corrected chi connectivity index (χ1v) is 17.8. The first-order valence-electron chi connectivity index (χ1n) is 17.8. The highest BCUT2D eigenvalue weighted by atomic mass is 15.0. The van der Waals surface area contributed by atoms with Gasteiger partial charge in [-0.15, -0.1) is 0 Å². The van der Waals surface area contributed by atoms with E-state index in [-0.39, 0.29) is 0 Å². The molecule has 11 aromatic rings. The van der Waals surface area contributed by atoms with Gasteiger partial charge >= 0.3 is 0 Å². The van der Waals surface area contributed by atoms with Crippen LogP contribution in [0.2, 0.25) is 0 Å². The summed E-state index contributed by atoms with van der Waals surface area (Å²) in [6.07, 6.45) is 0. The molecule has 10 aromatic carbocycles. The number of aromatic nitrogens is 1. The van der Waals surface area contributed by atoms with Gasteiger partial charge in [0.25, 0.3) is 0 Å². The largest absolute Gasteiger partial charge is 0.309 e. The van der Waals surface area contributed by atoms with Crippen molar-refractivity contribution in [3.63, 3.8) is 0 Å². The van der Waals surface area contributed by atoms with Crippen molar-refractivity contribution in [2.24, 2.45) is 0 Å². The maximum atomic E-state index is 2.50. The van der Waals surface area contributed by atoms with E-state index in [1.807, 2.05) is 0 Å². The molecule has 1 aromatic heterocycles. The Hall–Kier alpha value is -6.70. The van der Waals surface area contributed by atoms with Crippen molar-refractivity contribution in [3.05, 3.63) is 176 Å². The van der Waals surface area contributed by atoms with E-state index in [0.29, 0.717) is 0 Å². The molecule has 0 unspecified atom stereocenters. The van der Waals surface area contributed by atoms with Crippen LogP contribution < -0.4 is 0 Å². The molecular weight excluding hydrogens is 615 g/mol. The molecule has 0 spiro atoms. The van der Waals surface area contributed by atoms with Crippen LogP contribution in [0.3, 0.4) is 0 Å². The second kappa shape index (κ2) is 9.94. The summed E-state index contributed by atoms with van der Waals surface area (Å²) < 4.78 is 2.50. The molecule has 1 heteroatoms. The summed E-state index contributed by atoms with van der Waals surface area (Å²) in [5.41, 5.74) is 11.5. The maximum absolute atomic E-state index is 2.50. The quantitative estimate of drug-likeness (QED) is 0.165. The van der Waals surface area contributed by atoms with E-state index >= 15 is 0 Å². The highest BCUT2D eigenvalue weighted by molar-refractivity contribution is 6.43. The zero-order chi connectivity index (χ0) is 33.2. The Bertz CT molecular complexity index is 3260. The van der Waals surface area contributed by atoms with E-state index in [2.05, 4.69) is 180 Å². The third-order valence-electron chi connectivity index (χ3n) is 11.5. The maximum Gasteiger partial charge on any atom is 0.0626 e. The number of rotatable bonds is 2. The summed E-state index contributed by atoms with van der Waals surface area (Å²) in [5.74, 6) is 0. The molecule has 1 aliphatic rings. The number of hydrogen-bond donors (Lipinski definition) is 0. The lowest BCUT2D eigenvalue weighted by atomic mass is 9.88. The van der Waals surface area contributed by atoms with E-state index in [1.54, 1.807) is 0 Å². The minimum absolute atomic E-state index is 1.17. The fourth-order valence-electron chi connectivity index (χ4n) is 9.46. The lowest BCUT2D eigenvalue weighted by Gasteiger charge is -2.16. The van der Waals surface area contributed by atoms with Crippen LogP contribution in [-0.2, 0) is 0 Å². The zero-order valence-electron chi connectivity index (χ0n) is 27.7. The van der Waals surface area contributed by atoms with E-state index in [0.717, 1.165) is 0 Å². The van der Waals surface area contributed by atoms with Gasteiger partial charge in [-0.25, -0.2) is 0 Å². The molecule has 0 aliphatic heterocycles. The number of nitrogens with zero attached hydrogens (tertiary/aromatic N) is 1. The lowest BCUT2D eigenvalue weighted by molar-refractivity contribution is 1.19. The fourth-order valence-corrected chi connectivity index (χ4v) is 9.46. The third kappa shape index (κ3) is 3.50. The van der Waals surface area contributed by atoms with Crippen molar-refractivity contribution in [1.29, 1.82) is 0 Å². The molecule has 0 atom stereocenters. The van der Waals surface area contributed by atoms with Gasteiger partial charge in [0.05, 0.1) is 11.0 Å². The average molecular weight is 644 g/mol. The minimum Gasteiger partial charge on any atom is -0.309 e. The molecule has 0 N–H and O–H groups in total. The van der Waals surface area contributed by atoms with E-state index < -0.39 is 0 Å². The average Bonchev–Trinajstić information content (AvgIpc) is 3.72. The van der Waals surface area contributed by atoms with E-state index in [1.165, 1.54) is 115 Å². The predicted octanol–water partition coefficient (Wildman–Crippen LogP) is 13.9. The highest BCUT2D eigenvalue weighted by Gasteiger charge is 2.25. The van der Waals surface area contributed by atoms with Crippen molar-refractivity contribution in [2.75, 3.05) is 0 Å². The predicted molar refractivity (Wildman–Crippen MR) is 218 cm³/mol. The SMILES string of the molecule is c1ccc(-n2c3ccc(-c4ccc5c6c(cccc46)-c4ccccc4-5)cc3c3c4c5ccccc5c5ccccc5c4c4ccccc4c32)cc1. The third-order valence-corrected chi connectivity index (χ3v) is 11.5. The van der Waals surface area contributed by atoms with Gasteiger partial charge in [-0.05, 0) is 101 Å². The second-order valence-corrected chi connectivity index (χ2v) is 13.9. The first-order chi connectivity index (χ1) is 25.3. The summed E-state index contributed by atoms with van der Waals surface area (Å²) in [5, 5.41) is 15.6. The Balaban J connectivity index is 1.30. The Morgan fingerprint density at radius 1 is 0.275 bits per heavy atom. The smallest absolute Gasteiger partial charge is 0.0626 e. The molecule has 51 heavy (non-hydrogen) atoms. The molecule has 0 amide bonds. The van der Waals surface area contributed by atoms with Gasteiger partial charge in [-0.1, -0.05) is 152 Å². The standard InChI is InChI=1S/C50H29N/c1-2-13-31(14-3-1)51-45-28-25-30(32-26-27-42-36-18-5-4-15-33(36)38-24-12-23-37(32)46(38)42)29-44(45)49-48-40-20-9-7-17-35(40)34-16-6-8-19-39(34)47(48)41-21-10-11-22-43(41)50(49)51/h1-29H. The lowest BCUT2D eigenvalue weighted by Crippen LogP contribution is -1.95. The van der Waals surface area contributed by atoms with Crippen molar-refractivity contribution >= 4 is 75.7 Å². The number of benzene rings is 10. The van der Waals surface area contributed by atoms with Crippen LogP contribution in [0, 0.1) is 0 Å². The summed E-state index contributed by atoms with van der Waals surface area (Å²) >= 11 is 0. The van der Waals surface area contributed by atoms with Crippen molar-refractivity contribution in [2.45, 2.75) is 0 Å². The fraction of sp³-hybridized carbons (Fsp3) is 0. The Labute approximate surface area is 294 Å². The van der Waals surface area contributed by atoms with Gasteiger partial charge in [0.1, 0.15) is 0 Å². The molecule has 0 bridgehead atoms. The normalized spacial score (nSPS) is 12.3. The molecule has 12 rings (SSSR count). The highest BCUT2D eigenvalue weighted by Crippen LogP contribution is 2.51. The molecule has 0 saturated carbocycles. The van der Waals surface area contributed by atoms with Crippen LogP contribution in [0.1, 0.15) is 0 Å². The molecule has 1 heterocycles. The summed E-state index contributed by atoms with van der Waals surface area (Å²) in [7, 11) is 0. The summed E-state index contributed by atoms with van der Waals surface area (Å²) in [4.78, 5) is 0. The van der Waals surface area contributed by atoms with E-state index in [9.17, 15) is 0 Å². The number of fused-ring (bicyclic) bond motifs is 16. The van der Waals surface area contributed by atoms with Crippen LogP contribution in [0.5, 0.6) is 0 Å². The minimum atomic E-state index is 1.17. The van der Waals surface area contributed by atoms with Gasteiger partial charge in [-0.2, -0.15) is 0 Å². The molecule has 1 nitrogen and oxygen atoms in total. The van der Waals surface area contributed by atoms with Crippen LogP contribution in [-0.4, -0.2) is 4.57 Å². The second-order valence-electron chi connectivity index (χ2n) is 13.9.